The molecular weight excluding hydrogens is 280 g/mol. The van der Waals surface area contributed by atoms with Gasteiger partial charge < -0.3 is 15.2 Å². The van der Waals surface area contributed by atoms with Gasteiger partial charge in [-0.3, -0.25) is 0 Å². The van der Waals surface area contributed by atoms with E-state index in [1.165, 1.54) is 9.75 Å². The second-order valence-electron chi connectivity index (χ2n) is 4.22. The number of aliphatic hydroxyl groups is 1. The van der Waals surface area contributed by atoms with Crippen molar-refractivity contribution in [2.75, 3.05) is 13.2 Å². The minimum absolute atomic E-state index is 0.354. The largest absolute Gasteiger partial charge is 0.389 e. The second kappa shape index (κ2) is 7.72. The third-order valence-electron chi connectivity index (χ3n) is 2.48. The lowest BCUT2D eigenvalue weighted by atomic mass is 10.3. The molecule has 0 bridgehead atoms. The van der Waals surface area contributed by atoms with E-state index in [0.717, 1.165) is 11.6 Å². The van der Waals surface area contributed by atoms with E-state index in [1.54, 1.807) is 22.7 Å². The maximum absolute atomic E-state index is 9.76. The van der Waals surface area contributed by atoms with Crippen molar-refractivity contribution in [3.05, 3.63) is 38.5 Å². The molecule has 1 atom stereocenters. The summed E-state index contributed by atoms with van der Waals surface area (Å²) in [6, 6.07) is 4.03. The number of hydrogen-bond donors (Lipinski definition) is 2. The summed E-state index contributed by atoms with van der Waals surface area (Å²) in [5, 5.41) is 16.1. The summed E-state index contributed by atoms with van der Waals surface area (Å²) in [4.78, 5) is 6.55. The van der Waals surface area contributed by atoms with Crippen molar-refractivity contribution in [1.82, 2.24) is 10.3 Å². The molecule has 0 aromatic carbocycles. The van der Waals surface area contributed by atoms with Gasteiger partial charge in [0, 0.05) is 29.0 Å². The number of aromatic nitrogens is 1. The van der Waals surface area contributed by atoms with Crippen LogP contribution in [0.5, 0.6) is 0 Å². The molecular formula is C13H18N2O2S2. The van der Waals surface area contributed by atoms with Crippen LogP contribution in [0.15, 0.2) is 23.7 Å². The molecule has 1 unspecified atom stereocenters. The van der Waals surface area contributed by atoms with Crippen molar-refractivity contribution in [2.24, 2.45) is 0 Å². The Balaban J connectivity index is 1.55. The first kappa shape index (κ1) is 14.6. The maximum atomic E-state index is 9.76. The number of thiazole rings is 1. The third-order valence-corrected chi connectivity index (χ3v) is 4.25. The number of nitrogens with one attached hydrogen (secondary N) is 1. The van der Waals surface area contributed by atoms with Crippen LogP contribution in [0.2, 0.25) is 0 Å². The SMILES string of the molecule is Cc1ncc(CNCC(O)COCc2cccs2)s1. The van der Waals surface area contributed by atoms with Gasteiger partial charge in [-0.1, -0.05) is 6.07 Å². The van der Waals surface area contributed by atoms with Crippen molar-refractivity contribution in [3.8, 4) is 0 Å². The molecule has 4 nitrogen and oxygen atoms in total. The lowest BCUT2D eigenvalue weighted by molar-refractivity contribution is 0.0297. The zero-order valence-corrected chi connectivity index (χ0v) is 12.5. The first-order valence-corrected chi connectivity index (χ1v) is 7.84. The van der Waals surface area contributed by atoms with Gasteiger partial charge in [-0.2, -0.15) is 0 Å². The van der Waals surface area contributed by atoms with Gasteiger partial charge >= 0.3 is 0 Å². The highest BCUT2D eigenvalue weighted by molar-refractivity contribution is 7.11. The number of rotatable bonds is 8. The van der Waals surface area contributed by atoms with E-state index in [1.807, 2.05) is 30.6 Å². The van der Waals surface area contributed by atoms with Gasteiger partial charge in [0.05, 0.1) is 24.3 Å². The lowest BCUT2D eigenvalue weighted by Gasteiger charge is -2.11. The molecule has 0 aliphatic heterocycles. The zero-order valence-electron chi connectivity index (χ0n) is 10.8. The van der Waals surface area contributed by atoms with Gasteiger partial charge in [0.1, 0.15) is 0 Å². The Morgan fingerprint density at radius 3 is 3.05 bits per heavy atom. The Morgan fingerprint density at radius 2 is 2.37 bits per heavy atom. The van der Waals surface area contributed by atoms with Crippen LogP contribution in [0.25, 0.3) is 0 Å². The molecule has 0 aliphatic rings. The van der Waals surface area contributed by atoms with Crippen LogP contribution in [-0.2, 0) is 17.9 Å². The number of aliphatic hydroxyl groups excluding tert-OH is 1. The quantitative estimate of drug-likeness (QED) is 0.784. The van der Waals surface area contributed by atoms with Crippen molar-refractivity contribution < 1.29 is 9.84 Å². The first-order chi connectivity index (χ1) is 9.24. The molecule has 0 spiro atoms. The molecule has 2 heterocycles. The van der Waals surface area contributed by atoms with Crippen molar-refractivity contribution >= 4 is 22.7 Å². The highest BCUT2D eigenvalue weighted by Crippen LogP contribution is 2.11. The summed E-state index contributed by atoms with van der Waals surface area (Å²) in [5.41, 5.74) is 0. The van der Waals surface area contributed by atoms with E-state index in [2.05, 4.69) is 10.3 Å². The molecule has 0 aliphatic carbocycles. The van der Waals surface area contributed by atoms with E-state index < -0.39 is 6.10 Å². The highest BCUT2D eigenvalue weighted by Gasteiger charge is 2.05. The Labute approximate surface area is 121 Å². The van der Waals surface area contributed by atoms with E-state index in [4.69, 9.17) is 4.74 Å². The van der Waals surface area contributed by atoms with Gasteiger partial charge in [0.2, 0.25) is 0 Å². The van der Waals surface area contributed by atoms with Gasteiger partial charge in [0.15, 0.2) is 0 Å². The van der Waals surface area contributed by atoms with Gasteiger partial charge in [-0.25, -0.2) is 4.98 Å². The number of hydrogen-bond acceptors (Lipinski definition) is 6. The van der Waals surface area contributed by atoms with E-state index in [9.17, 15) is 5.11 Å². The normalized spacial score (nSPS) is 12.7. The zero-order chi connectivity index (χ0) is 13.5. The molecule has 2 N–H and O–H groups in total. The van der Waals surface area contributed by atoms with Crippen LogP contribution in [0.4, 0.5) is 0 Å². The van der Waals surface area contributed by atoms with E-state index >= 15 is 0 Å². The summed E-state index contributed by atoms with van der Waals surface area (Å²) in [6.45, 7) is 4.19. The van der Waals surface area contributed by atoms with Crippen LogP contribution >= 0.6 is 22.7 Å². The van der Waals surface area contributed by atoms with Crippen LogP contribution in [0.3, 0.4) is 0 Å². The lowest BCUT2D eigenvalue weighted by Crippen LogP contribution is -2.29. The number of thiophene rings is 1. The number of ether oxygens (including phenoxy) is 1. The standard InChI is InChI=1S/C13H18N2O2S2/c1-10-15-7-13(19-10)6-14-5-11(16)8-17-9-12-3-2-4-18-12/h2-4,7,11,14,16H,5-6,8-9H2,1H3. The van der Waals surface area contributed by atoms with Crippen molar-refractivity contribution in [3.63, 3.8) is 0 Å². The number of aryl methyl sites for hydroxylation is 1. The average molecular weight is 298 g/mol. The van der Waals surface area contributed by atoms with Crippen molar-refractivity contribution in [1.29, 1.82) is 0 Å². The molecule has 0 saturated carbocycles. The topological polar surface area (TPSA) is 54.4 Å². The van der Waals surface area contributed by atoms with Crippen molar-refractivity contribution in [2.45, 2.75) is 26.2 Å². The summed E-state index contributed by atoms with van der Waals surface area (Å²) < 4.78 is 5.46. The molecule has 0 radical (unpaired) electrons. The molecule has 2 aromatic rings. The van der Waals surface area contributed by atoms with Crippen LogP contribution in [0.1, 0.15) is 14.8 Å². The van der Waals surface area contributed by atoms with Crippen LogP contribution < -0.4 is 5.32 Å². The molecule has 104 valence electrons. The Hall–Kier alpha value is -0.790. The predicted octanol–water partition coefficient (Wildman–Crippen LogP) is 2.18. The Bertz CT molecular complexity index is 471. The molecule has 2 rings (SSSR count). The van der Waals surface area contributed by atoms with E-state index in [-0.39, 0.29) is 0 Å². The monoisotopic (exact) mass is 298 g/mol. The van der Waals surface area contributed by atoms with Crippen LogP contribution in [-0.4, -0.2) is 29.3 Å². The Morgan fingerprint density at radius 1 is 1.47 bits per heavy atom. The Kier molecular flexibility index (Phi) is 5.93. The average Bonchev–Trinajstić information content (AvgIpc) is 3.01. The number of nitrogens with zero attached hydrogens (tertiary/aromatic N) is 1. The predicted molar refractivity (Wildman–Crippen MR) is 78.5 cm³/mol. The fourth-order valence-corrected chi connectivity index (χ4v) is 3.00. The second-order valence-corrected chi connectivity index (χ2v) is 6.58. The molecule has 0 fully saturated rings. The summed E-state index contributed by atoms with van der Waals surface area (Å²) in [5.74, 6) is 0. The first-order valence-electron chi connectivity index (χ1n) is 6.14. The summed E-state index contributed by atoms with van der Waals surface area (Å²) >= 11 is 3.33. The minimum atomic E-state index is -0.478. The molecule has 0 amide bonds. The van der Waals surface area contributed by atoms with Gasteiger partial charge in [0.25, 0.3) is 0 Å². The molecule has 0 saturated heterocycles. The van der Waals surface area contributed by atoms with Gasteiger partial charge in [-0.05, 0) is 18.4 Å². The highest BCUT2D eigenvalue weighted by atomic mass is 32.1. The summed E-state index contributed by atoms with van der Waals surface area (Å²) in [7, 11) is 0. The van der Waals surface area contributed by atoms with E-state index in [0.29, 0.717) is 19.8 Å². The fourth-order valence-electron chi connectivity index (χ4n) is 1.60. The maximum Gasteiger partial charge on any atom is 0.0897 e. The molecule has 19 heavy (non-hydrogen) atoms. The van der Waals surface area contributed by atoms with Crippen LogP contribution in [0, 0.1) is 6.92 Å². The molecule has 6 heteroatoms. The van der Waals surface area contributed by atoms with Gasteiger partial charge in [-0.15, -0.1) is 22.7 Å². The summed E-state index contributed by atoms with van der Waals surface area (Å²) in [6.07, 6.45) is 1.39. The fraction of sp³-hybridized carbons (Fsp3) is 0.462. The molecule has 2 aromatic heterocycles. The smallest absolute Gasteiger partial charge is 0.0897 e. The third kappa shape index (κ3) is 5.38. The minimum Gasteiger partial charge on any atom is -0.389 e.